The van der Waals surface area contributed by atoms with Crippen molar-refractivity contribution in [3.05, 3.63) is 29.6 Å². The molecule has 82 valence electrons. The molecule has 0 aromatic heterocycles. The Morgan fingerprint density at radius 2 is 2.00 bits per heavy atom. The third-order valence-corrected chi connectivity index (χ3v) is 2.94. The summed E-state index contributed by atoms with van der Waals surface area (Å²) in [7, 11) is 0. The normalized spacial score (nSPS) is 18.2. The van der Waals surface area contributed by atoms with Crippen LogP contribution in [0.1, 0.15) is 31.4 Å². The van der Waals surface area contributed by atoms with Gasteiger partial charge in [0.2, 0.25) is 0 Å². The van der Waals surface area contributed by atoms with Gasteiger partial charge in [0, 0.05) is 19.1 Å². The largest absolute Gasteiger partial charge is 0.369 e. The van der Waals surface area contributed by atoms with Crippen LogP contribution in [0.2, 0.25) is 0 Å². The second-order valence-corrected chi connectivity index (χ2v) is 4.19. The molecule has 1 aromatic rings. The van der Waals surface area contributed by atoms with Gasteiger partial charge in [-0.3, -0.25) is 0 Å². The van der Waals surface area contributed by atoms with Gasteiger partial charge in [-0.25, -0.2) is 4.39 Å². The standard InChI is InChI=1S/C12H17FN2/c1-9(14)10-4-5-12(11(13)8-10)15-6-2-3-7-15/h4-5,8-9H,2-3,6-7,14H2,1H3. The molecule has 1 heterocycles. The van der Waals surface area contributed by atoms with E-state index in [4.69, 9.17) is 5.73 Å². The zero-order valence-corrected chi connectivity index (χ0v) is 9.04. The van der Waals surface area contributed by atoms with E-state index in [9.17, 15) is 4.39 Å². The third-order valence-electron chi connectivity index (χ3n) is 2.94. The first kappa shape index (κ1) is 10.4. The Labute approximate surface area is 89.9 Å². The fraction of sp³-hybridized carbons (Fsp3) is 0.500. The summed E-state index contributed by atoms with van der Waals surface area (Å²) in [6, 6.07) is 5.21. The fourth-order valence-electron chi connectivity index (χ4n) is 2.02. The van der Waals surface area contributed by atoms with Gasteiger partial charge in [0.15, 0.2) is 0 Å². The maximum atomic E-state index is 13.8. The summed E-state index contributed by atoms with van der Waals surface area (Å²) in [5, 5.41) is 0. The van der Waals surface area contributed by atoms with Crippen molar-refractivity contribution in [3.63, 3.8) is 0 Å². The molecule has 0 saturated carbocycles. The Balaban J connectivity index is 2.25. The van der Waals surface area contributed by atoms with Crippen molar-refractivity contribution < 1.29 is 4.39 Å². The highest BCUT2D eigenvalue weighted by Crippen LogP contribution is 2.25. The average molecular weight is 208 g/mol. The lowest BCUT2D eigenvalue weighted by atomic mass is 10.1. The van der Waals surface area contributed by atoms with Gasteiger partial charge in [-0.2, -0.15) is 0 Å². The molecular weight excluding hydrogens is 191 g/mol. The summed E-state index contributed by atoms with van der Waals surface area (Å²) in [5.74, 6) is -0.147. The second kappa shape index (κ2) is 4.19. The average Bonchev–Trinajstić information content (AvgIpc) is 2.70. The molecule has 1 fully saturated rings. The molecule has 1 aliphatic heterocycles. The fourth-order valence-corrected chi connectivity index (χ4v) is 2.02. The van der Waals surface area contributed by atoms with E-state index in [2.05, 4.69) is 4.90 Å². The molecular formula is C12H17FN2. The van der Waals surface area contributed by atoms with Gasteiger partial charge >= 0.3 is 0 Å². The van der Waals surface area contributed by atoms with Gasteiger partial charge in [-0.05, 0) is 37.5 Å². The molecule has 15 heavy (non-hydrogen) atoms. The van der Waals surface area contributed by atoms with Crippen molar-refractivity contribution in [1.29, 1.82) is 0 Å². The van der Waals surface area contributed by atoms with Gasteiger partial charge in [-0.1, -0.05) is 6.07 Å². The number of nitrogens with two attached hydrogens (primary N) is 1. The van der Waals surface area contributed by atoms with Crippen molar-refractivity contribution in [1.82, 2.24) is 0 Å². The molecule has 0 aliphatic carbocycles. The summed E-state index contributed by atoms with van der Waals surface area (Å²) in [4.78, 5) is 2.10. The van der Waals surface area contributed by atoms with Crippen molar-refractivity contribution >= 4 is 5.69 Å². The number of benzene rings is 1. The number of nitrogens with zero attached hydrogens (tertiary/aromatic N) is 1. The van der Waals surface area contributed by atoms with E-state index in [0.717, 1.165) is 37.2 Å². The third kappa shape index (κ3) is 2.12. The van der Waals surface area contributed by atoms with Crippen LogP contribution in [0.4, 0.5) is 10.1 Å². The zero-order valence-electron chi connectivity index (χ0n) is 9.04. The molecule has 0 radical (unpaired) electrons. The lowest BCUT2D eigenvalue weighted by Gasteiger charge is -2.19. The van der Waals surface area contributed by atoms with Crippen LogP contribution in [-0.4, -0.2) is 13.1 Å². The van der Waals surface area contributed by atoms with Crippen LogP contribution >= 0.6 is 0 Å². The molecule has 2 nitrogen and oxygen atoms in total. The van der Waals surface area contributed by atoms with Crippen LogP contribution in [0, 0.1) is 5.82 Å². The Bertz CT molecular complexity index is 343. The van der Waals surface area contributed by atoms with Crippen LogP contribution in [0.3, 0.4) is 0 Å². The molecule has 0 amide bonds. The van der Waals surface area contributed by atoms with E-state index in [1.807, 2.05) is 19.1 Å². The van der Waals surface area contributed by atoms with Crippen molar-refractivity contribution in [2.24, 2.45) is 5.73 Å². The Kier molecular flexibility index (Phi) is 2.91. The topological polar surface area (TPSA) is 29.3 Å². The minimum Gasteiger partial charge on any atom is -0.369 e. The van der Waals surface area contributed by atoms with Gasteiger partial charge < -0.3 is 10.6 Å². The molecule has 1 aromatic carbocycles. The first-order valence-corrected chi connectivity index (χ1v) is 5.48. The van der Waals surface area contributed by atoms with Crippen molar-refractivity contribution in [3.8, 4) is 0 Å². The number of anilines is 1. The molecule has 1 unspecified atom stereocenters. The molecule has 3 heteroatoms. The van der Waals surface area contributed by atoms with E-state index >= 15 is 0 Å². The van der Waals surface area contributed by atoms with Crippen LogP contribution < -0.4 is 10.6 Å². The molecule has 0 bridgehead atoms. The zero-order chi connectivity index (χ0) is 10.8. The van der Waals surface area contributed by atoms with Crippen LogP contribution in [0.15, 0.2) is 18.2 Å². The van der Waals surface area contributed by atoms with Crippen LogP contribution in [-0.2, 0) is 0 Å². The quantitative estimate of drug-likeness (QED) is 0.808. The van der Waals surface area contributed by atoms with E-state index in [0.29, 0.717) is 0 Å². The Hall–Kier alpha value is -1.09. The predicted molar refractivity (Wildman–Crippen MR) is 60.4 cm³/mol. The second-order valence-electron chi connectivity index (χ2n) is 4.19. The summed E-state index contributed by atoms with van der Waals surface area (Å²) in [6.45, 7) is 3.80. The molecule has 2 rings (SSSR count). The minimum atomic E-state index is -0.147. The van der Waals surface area contributed by atoms with Crippen molar-refractivity contribution in [2.75, 3.05) is 18.0 Å². The molecule has 1 saturated heterocycles. The predicted octanol–water partition coefficient (Wildman–Crippen LogP) is 2.45. The summed E-state index contributed by atoms with van der Waals surface area (Å²) in [6.07, 6.45) is 2.32. The highest BCUT2D eigenvalue weighted by Gasteiger charge is 2.16. The van der Waals surface area contributed by atoms with Gasteiger partial charge in [0.05, 0.1) is 5.69 Å². The van der Waals surface area contributed by atoms with E-state index < -0.39 is 0 Å². The number of hydrogen-bond acceptors (Lipinski definition) is 2. The van der Waals surface area contributed by atoms with E-state index in [1.165, 1.54) is 0 Å². The highest BCUT2D eigenvalue weighted by molar-refractivity contribution is 5.50. The molecule has 0 spiro atoms. The summed E-state index contributed by atoms with van der Waals surface area (Å²) < 4.78 is 13.8. The Morgan fingerprint density at radius 3 is 2.53 bits per heavy atom. The van der Waals surface area contributed by atoms with E-state index in [1.54, 1.807) is 6.07 Å². The number of hydrogen-bond donors (Lipinski definition) is 1. The first-order valence-electron chi connectivity index (χ1n) is 5.48. The molecule has 1 atom stereocenters. The van der Waals surface area contributed by atoms with Gasteiger partial charge in [0.1, 0.15) is 5.82 Å². The maximum absolute atomic E-state index is 13.8. The summed E-state index contributed by atoms with van der Waals surface area (Å²) in [5.41, 5.74) is 7.28. The molecule has 2 N–H and O–H groups in total. The van der Waals surface area contributed by atoms with Crippen LogP contribution in [0.25, 0.3) is 0 Å². The monoisotopic (exact) mass is 208 g/mol. The Morgan fingerprint density at radius 1 is 1.33 bits per heavy atom. The number of halogens is 1. The summed E-state index contributed by atoms with van der Waals surface area (Å²) >= 11 is 0. The van der Waals surface area contributed by atoms with Gasteiger partial charge in [0.25, 0.3) is 0 Å². The SMILES string of the molecule is CC(N)c1ccc(N2CCCC2)c(F)c1. The first-order chi connectivity index (χ1) is 7.18. The maximum Gasteiger partial charge on any atom is 0.146 e. The van der Waals surface area contributed by atoms with Gasteiger partial charge in [-0.15, -0.1) is 0 Å². The minimum absolute atomic E-state index is 0.105. The van der Waals surface area contributed by atoms with Crippen molar-refractivity contribution in [2.45, 2.75) is 25.8 Å². The number of rotatable bonds is 2. The lowest BCUT2D eigenvalue weighted by Crippen LogP contribution is -2.19. The highest BCUT2D eigenvalue weighted by atomic mass is 19.1. The lowest BCUT2D eigenvalue weighted by molar-refractivity contribution is 0.618. The van der Waals surface area contributed by atoms with E-state index in [-0.39, 0.29) is 11.9 Å². The molecule has 1 aliphatic rings. The van der Waals surface area contributed by atoms with Crippen LogP contribution in [0.5, 0.6) is 0 Å². The smallest absolute Gasteiger partial charge is 0.146 e.